The second kappa shape index (κ2) is 4.56. The minimum Gasteiger partial charge on any atom is -0.349 e. The highest BCUT2D eigenvalue weighted by atomic mass is 16.6. The Kier molecular flexibility index (Phi) is 2.85. The Morgan fingerprint density at radius 2 is 2.15 bits per heavy atom. The zero-order valence-corrected chi connectivity index (χ0v) is 10.9. The molecule has 1 fully saturated rings. The van der Waals surface area contributed by atoms with Crippen LogP contribution < -0.4 is 5.32 Å². The summed E-state index contributed by atoms with van der Waals surface area (Å²) in [5, 5.41) is 14.3. The van der Waals surface area contributed by atoms with Gasteiger partial charge in [-0.2, -0.15) is 0 Å². The van der Waals surface area contributed by atoms with Gasteiger partial charge in [0.1, 0.15) is 0 Å². The summed E-state index contributed by atoms with van der Waals surface area (Å²) in [6.07, 6.45) is 1.99. The number of benzene rings is 1. The summed E-state index contributed by atoms with van der Waals surface area (Å²) in [4.78, 5) is 26.9. The highest BCUT2D eigenvalue weighted by Gasteiger charge is 2.25. The standard InChI is InChI=1S/C14H13N3O3/c1-8-6-12(14(18)16-9-2-3-9)11-7-10(17(19)20)4-5-13(11)15-8/h4-7,9H,2-3H2,1H3,(H,16,18). The average molecular weight is 271 g/mol. The second-order valence-electron chi connectivity index (χ2n) is 5.02. The minimum atomic E-state index is -0.470. The third kappa shape index (κ3) is 2.32. The number of amides is 1. The van der Waals surface area contributed by atoms with E-state index in [2.05, 4.69) is 10.3 Å². The van der Waals surface area contributed by atoms with Crippen molar-refractivity contribution in [1.82, 2.24) is 10.3 Å². The number of aromatic nitrogens is 1. The van der Waals surface area contributed by atoms with Gasteiger partial charge in [0.15, 0.2) is 0 Å². The summed E-state index contributed by atoms with van der Waals surface area (Å²) >= 11 is 0. The van der Waals surface area contributed by atoms with Crippen LogP contribution in [0.25, 0.3) is 10.9 Å². The van der Waals surface area contributed by atoms with E-state index in [0.29, 0.717) is 22.2 Å². The summed E-state index contributed by atoms with van der Waals surface area (Å²) < 4.78 is 0. The normalized spacial score (nSPS) is 14.2. The molecule has 0 unspecified atom stereocenters. The van der Waals surface area contributed by atoms with Crippen LogP contribution in [0.5, 0.6) is 0 Å². The molecule has 1 saturated carbocycles. The Labute approximate surface area is 115 Å². The number of aryl methyl sites for hydroxylation is 1. The Hall–Kier alpha value is -2.50. The predicted molar refractivity (Wildman–Crippen MR) is 73.6 cm³/mol. The molecule has 1 N–H and O–H groups in total. The quantitative estimate of drug-likeness (QED) is 0.685. The predicted octanol–water partition coefficient (Wildman–Crippen LogP) is 2.34. The van der Waals surface area contributed by atoms with Crippen LogP contribution in [0.15, 0.2) is 24.3 Å². The summed E-state index contributed by atoms with van der Waals surface area (Å²) in [5.41, 5.74) is 1.72. The molecule has 1 heterocycles. The maximum Gasteiger partial charge on any atom is 0.270 e. The first-order valence-corrected chi connectivity index (χ1v) is 6.41. The van der Waals surface area contributed by atoms with Crippen molar-refractivity contribution in [3.05, 3.63) is 45.6 Å². The maximum absolute atomic E-state index is 12.2. The van der Waals surface area contributed by atoms with Crippen molar-refractivity contribution in [3.8, 4) is 0 Å². The van der Waals surface area contributed by atoms with Crippen LogP contribution in [-0.2, 0) is 0 Å². The van der Waals surface area contributed by atoms with Crippen LogP contribution in [0, 0.1) is 17.0 Å². The number of non-ortho nitro benzene ring substituents is 1. The van der Waals surface area contributed by atoms with Crippen molar-refractivity contribution >= 4 is 22.5 Å². The van der Waals surface area contributed by atoms with Gasteiger partial charge in [-0.15, -0.1) is 0 Å². The van der Waals surface area contributed by atoms with Crippen molar-refractivity contribution in [3.63, 3.8) is 0 Å². The van der Waals surface area contributed by atoms with E-state index in [9.17, 15) is 14.9 Å². The van der Waals surface area contributed by atoms with Crippen LogP contribution in [-0.4, -0.2) is 21.9 Å². The van der Waals surface area contributed by atoms with Crippen LogP contribution in [0.2, 0.25) is 0 Å². The van der Waals surface area contributed by atoms with Gasteiger partial charge >= 0.3 is 0 Å². The number of pyridine rings is 1. The zero-order valence-electron chi connectivity index (χ0n) is 10.9. The summed E-state index contributed by atoms with van der Waals surface area (Å²) in [6.45, 7) is 1.80. The molecule has 1 aliphatic carbocycles. The van der Waals surface area contributed by atoms with E-state index in [4.69, 9.17) is 0 Å². The lowest BCUT2D eigenvalue weighted by Gasteiger charge is -2.08. The number of carbonyl (C=O) groups is 1. The van der Waals surface area contributed by atoms with Crippen molar-refractivity contribution in [2.45, 2.75) is 25.8 Å². The van der Waals surface area contributed by atoms with Gasteiger partial charge in [-0.25, -0.2) is 0 Å². The van der Waals surface area contributed by atoms with Gasteiger partial charge in [-0.3, -0.25) is 19.9 Å². The Balaban J connectivity index is 2.14. The van der Waals surface area contributed by atoms with Gasteiger partial charge in [0.25, 0.3) is 11.6 Å². The molecular formula is C14H13N3O3. The zero-order chi connectivity index (χ0) is 14.3. The number of nitrogens with zero attached hydrogens (tertiary/aromatic N) is 2. The SMILES string of the molecule is Cc1cc(C(=O)NC2CC2)c2cc([N+](=O)[O-])ccc2n1. The van der Waals surface area contributed by atoms with Crippen LogP contribution in [0.3, 0.4) is 0 Å². The molecule has 6 nitrogen and oxygen atoms in total. The number of carbonyl (C=O) groups excluding carboxylic acids is 1. The second-order valence-corrected chi connectivity index (χ2v) is 5.02. The molecule has 0 atom stereocenters. The smallest absolute Gasteiger partial charge is 0.270 e. The molecule has 0 aliphatic heterocycles. The number of hydrogen-bond donors (Lipinski definition) is 1. The van der Waals surface area contributed by atoms with Crippen molar-refractivity contribution in [1.29, 1.82) is 0 Å². The summed E-state index contributed by atoms with van der Waals surface area (Å²) in [5.74, 6) is -0.191. The maximum atomic E-state index is 12.2. The number of nitro groups is 1. The third-order valence-corrected chi connectivity index (χ3v) is 3.29. The number of nitrogens with one attached hydrogen (secondary N) is 1. The molecular weight excluding hydrogens is 258 g/mol. The van der Waals surface area contributed by atoms with Crippen molar-refractivity contribution in [2.24, 2.45) is 0 Å². The van der Waals surface area contributed by atoms with Gasteiger partial charge in [0.2, 0.25) is 0 Å². The molecule has 102 valence electrons. The highest BCUT2D eigenvalue weighted by Crippen LogP contribution is 2.25. The third-order valence-electron chi connectivity index (χ3n) is 3.29. The average Bonchev–Trinajstić information content (AvgIpc) is 3.20. The van der Waals surface area contributed by atoms with E-state index < -0.39 is 4.92 Å². The number of fused-ring (bicyclic) bond motifs is 1. The molecule has 1 aromatic heterocycles. The molecule has 20 heavy (non-hydrogen) atoms. The Bertz CT molecular complexity index is 723. The fourth-order valence-corrected chi connectivity index (χ4v) is 2.14. The van der Waals surface area contributed by atoms with Crippen LogP contribution in [0.4, 0.5) is 5.69 Å². The van der Waals surface area contributed by atoms with Gasteiger partial charge in [0.05, 0.1) is 16.0 Å². The first-order chi connectivity index (χ1) is 9.54. The lowest BCUT2D eigenvalue weighted by atomic mass is 10.1. The van der Waals surface area contributed by atoms with Gasteiger partial charge in [0, 0.05) is 29.3 Å². The van der Waals surface area contributed by atoms with E-state index in [1.807, 2.05) is 0 Å². The molecule has 0 bridgehead atoms. The fourth-order valence-electron chi connectivity index (χ4n) is 2.14. The van der Waals surface area contributed by atoms with E-state index in [-0.39, 0.29) is 17.6 Å². The molecule has 0 saturated heterocycles. The molecule has 1 aromatic carbocycles. The summed E-state index contributed by atoms with van der Waals surface area (Å²) in [6, 6.07) is 6.30. The lowest BCUT2D eigenvalue weighted by Crippen LogP contribution is -2.25. The molecule has 2 aromatic rings. The lowest BCUT2D eigenvalue weighted by molar-refractivity contribution is -0.384. The van der Waals surface area contributed by atoms with Gasteiger partial charge < -0.3 is 5.32 Å². The summed E-state index contributed by atoms with van der Waals surface area (Å²) in [7, 11) is 0. The monoisotopic (exact) mass is 271 g/mol. The first kappa shape index (κ1) is 12.5. The number of rotatable bonds is 3. The topological polar surface area (TPSA) is 85.1 Å². The van der Waals surface area contributed by atoms with Crippen LogP contribution >= 0.6 is 0 Å². The van der Waals surface area contributed by atoms with E-state index >= 15 is 0 Å². The fraction of sp³-hybridized carbons (Fsp3) is 0.286. The number of hydrogen-bond acceptors (Lipinski definition) is 4. The molecule has 0 spiro atoms. The van der Waals surface area contributed by atoms with Crippen molar-refractivity contribution < 1.29 is 9.72 Å². The molecule has 0 radical (unpaired) electrons. The van der Waals surface area contributed by atoms with Gasteiger partial charge in [-0.05, 0) is 31.9 Å². The molecule has 1 amide bonds. The largest absolute Gasteiger partial charge is 0.349 e. The minimum absolute atomic E-state index is 0.0383. The Morgan fingerprint density at radius 1 is 1.40 bits per heavy atom. The molecule has 6 heteroatoms. The van der Waals surface area contributed by atoms with E-state index in [1.165, 1.54) is 12.1 Å². The Morgan fingerprint density at radius 3 is 2.80 bits per heavy atom. The van der Waals surface area contributed by atoms with Crippen molar-refractivity contribution in [2.75, 3.05) is 0 Å². The van der Waals surface area contributed by atoms with E-state index in [1.54, 1.807) is 19.1 Å². The molecule has 3 rings (SSSR count). The van der Waals surface area contributed by atoms with Gasteiger partial charge in [-0.1, -0.05) is 0 Å². The van der Waals surface area contributed by atoms with E-state index in [0.717, 1.165) is 12.8 Å². The molecule has 1 aliphatic rings. The first-order valence-electron chi connectivity index (χ1n) is 6.41. The highest BCUT2D eigenvalue weighted by molar-refractivity contribution is 6.06. The van der Waals surface area contributed by atoms with Crippen LogP contribution in [0.1, 0.15) is 28.9 Å². The number of nitro benzene ring substituents is 1.